The van der Waals surface area contributed by atoms with E-state index in [-0.39, 0.29) is 36.5 Å². The molecule has 10 heteroatoms. The minimum atomic E-state index is -1.20. The Labute approximate surface area is 222 Å². The smallest absolute Gasteiger partial charge is 0.245 e. The predicted octanol–water partition coefficient (Wildman–Crippen LogP) is 1.62. The Morgan fingerprint density at radius 1 is 1.05 bits per heavy atom. The first kappa shape index (κ1) is 29.2. The highest BCUT2D eigenvalue weighted by Crippen LogP contribution is 2.19. The Morgan fingerprint density at radius 2 is 1.71 bits per heavy atom. The molecule has 0 saturated carbocycles. The second kappa shape index (κ2) is 12.4. The summed E-state index contributed by atoms with van der Waals surface area (Å²) in [6.45, 7) is 6.07. The molecule has 1 fully saturated rings. The zero-order valence-electron chi connectivity index (χ0n) is 22.3. The summed E-state index contributed by atoms with van der Waals surface area (Å²) in [7, 11) is 1.54. The fraction of sp³-hybridized carbons (Fsp3) is 0.464. The van der Waals surface area contributed by atoms with Gasteiger partial charge in [-0.1, -0.05) is 30.3 Å². The number of nitrogens with one attached hydrogen (secondary N) is 2. The van der Waals surface area contributed by atoms with Gasteiger partial charge >= 0.3 is 0 Å². The van der Waals surface area contributed by atoms with E-state index < -0.39 is 29.3 Å². The third-order valence-corrected chi connectivity index (χ3v) is 6.84. The van der Waals surface area contributed by atoms with Crippen molar-refractivity contribution in [2.45, 2.75) is 57.3 Å². The number of carbonyl (C=O) groups excluding carboxylic acids is 3. The Morgan fingerprint density at radius 3 is 2.29 bits per heavy atom. The quantitative estimate of drug-likeness (QED) is 0.458. The first-order valence-electron chi connectivity index (χ1n) is 12.7. The molecule has 0 spiro atoms. The zero-order valence-corrected chi connectivity index (χ0v) is 22.3. The van der Waals surface area contributed by atoms with E-state index in [1.165, 1.54) is 18.2 Å². The summed E-state index contributed by atoms with van der Waals surface area (Å²) in [5, 5.41) is 5.44. The number of nitrogens with zero attached hydrogens (tertiary/aromatic N) is 2. The predicted molar refractivity (Wildman–Crippen MR) is 141 cm³/mol. The maximum absolute atomic E-state index is 14.3. The monoisotopic (exact) mass is 529 g/mol. The van der Waals surface area contributed by atoms with Crippen LogP contribution in [0.15, 0.2) is 48.5 Å². The van der Waals surface area contributed by atoms with Gasteiger partial charge in [-0.2, -0.15) is 0 Å². The summed E-state index contributed by atoms with van der Waals surface area (Å²) >= 11 is 0. The molecule has 2 aromatic carbocycles. The Bertz CT molecular complexity index is 1140. The number of rotatable bonds is 9. The van der Waals surface area contributed by atoms with Crippen molar-refractivity contribution in [3.8, 4) is 0 Å². The van der Waals surface area contributed by atoms with Gasteiger partial charge in [-0.25, -0.2) is 8.78 Å². The van der Waals surface area contributed by atoms with Gasteiger partial charge in [-0.05, 0) is 56.5 Å². The number of hydrogen-bond donors (Lipinski definition) is 3. The largest absolute Gasteiger partial charge is 0.358 e. The van der Waals surface area contributed by atoms with Crippen LogP contribution >= 0.6 is 0 Å². The van der Waals surface area contributed by atoms with Crippen molar-refractivity contribution in [1.29, 1.82) is 0 Å². The summed E-state index contributed by atoms with van der Waals surface area (Å²) in [4.78, 5) is 42.8. The van der Waals surface area contributed by atoms with Crippen LogP contribution in [0.4, 0.5) is 8.78 Å². The van der Waals surface area contributed by atoms with Gasteiger partial charge in [0.15, 0.2) is 0 Å². The summed E-state index contributed by atoms with van der Waals surface area (Å²) in [5.74, 6) is -1.76. The summed E-state index contributed by atoms with van der Waals surface area (Å²) < 4.78 is 27.8. The number of amides is 3. The van der Waals surface area contributed by atoms with Gasteiger partial charge < -0.3 is 21.3 Å². The summed E-state index contributed by atoms with van der Waals surface area (Å²) in [6, 6.07) is 10.3. The van der Waals surface area contributed by atoms with Gasteiger partial charge in [-0.15, -0.1) is 0 Å². The molecular formula is C28H37F2N5O3. The van der Waals surface area contributed by atoms with E-state index in [4.69, 9.17) is 5.73 Å². The van der Waals surface area contributed by atoms with Crippen molar-refractivity contribution >= 4 is 17.7 Å². The van der Waals surface area contributed by atoms with Gasteiger partial charge in [0, 0.05) is 39.1 Å². The normalized spacial score (nSPS) is 18.0. The number of hydrogen-bond acceptors (Lipinski definition) is 5. The lowest BCUT2D eigenvalue weighted by Crippen LogP contribution is -2.63. The lowest BCUT2D eigenvalue weighted by atomic mass is 9.99. The maximum atomic E-state index is 14.3. The number of benzene rings is 2. The lowest BCUT2D eigenvalue weighted by Gasteiger charge is -2.44. The molecule has 3 atom stereocenters. The van der Waals surface area contributed by atoms with Crippen molar-refractivity contribution in [3.05, 3.63) is 71.3 Å². The topological polar surface area (TPSA) is 108 Å². The number of halogens is 2. The Balaban J connectivity index is 1.77. The highest BCUT2D eigenvalue weighted by molar-refractivity contribution is 5.92. The molecule has 3 unspecified atom stereocenters. The second-order valence-corrected chi connectivity index (χ2v) is 10.4. The third-order valence-electron chi connectivity index (χ3n) is 6.84. The summed E-state index contributed by atoms with van der Waals surface area (Å²) in [6.07, 6.45) is 0.365. The third kappa shape index (κ3) is 7.35. The van der Waals surface area contributed by atoms with Crippen LogP contribution < -0.4 is 16.4 Å². The molecule has 8 nitrogen and oxygen atoms in total. The molecule has 0 radical (unpaired) electrons. The summed E-state index contributed by atoms with van der Waals surface area (Å²) in [5.41, 5.74) is 5.89. The minimum Gasteiger partial charge on any atom is -0.358 e. The van der Waals surface area contributed by atoms with Gasteiger partial charge in [0.25, 0.3) is 0 Å². The maximum Gasteiger partial charge on any atom is 0.245 e. The van der Waals surface area contributed by atoms with Crippen molar-refractivity contribution < 1.29 is 23.2 Å². The molecule has 1 aliphatic rings. The zero-order chi connectivity index (χ0) is 28.0. The first-order valence-corrected chi connectivity index (χ1v) is 12.7. The number of nitrogens with two attached hydrogens (primary N) is 1. The second-order valence-electron chi connectivity index (χ2n) is 10.4. The van der Waals surface area contributed by atoms with Crippen LogP contribution in [0.5, 0.6) is 0 Å². The van der Waals surface area contributed by atoms with Crippen molar-refractivity contribution in [1.82, 2.24) is 20.4 Å². The van der Waals surface area contributed by atoms with Crippen LogP contribution in [0, 0.1) is 11.6 Å². The Kier molecular flexibility index (Phi) is 9.56. The Hall–Kier alpha value is -3.37. The van der Waals surface area contributed by atoms with Gasteiger partial charge in [-0.3, -0.25) is 19.3 Å². The molecule has 4 N–H and O–H groups in total. The minimum absolute atomic E-state index is 0.169. The molecular weight excluding hydrogens is 492 g/mol. The average Bonchev–Trinajstić information content (AvgIpc) is 2.87. The van der Waals surface area contributed by atoms with Crippen LogP contribution in [-0.2, 0) is 27.2 Å². The van der Waals surface area contributed by atoms with Crippen LogP contribution in [0.2, 0.25) is 0 Å². The van der Waals surface area contributed by atoms with E-state index in [1.54, 1.807) is 56.1 Å². The molecule has 3 amide bonds. The van der Waals surface area contributed by atoms with Crippen LogP contribution in [-0.4, -0.2) is 77.9 Å². The van der Waals surface area contributed by atoms with E-state index in [9.17, 15) is 23.2 Å². The molecule has 38 heavy (non-hydrogen) atoms. The van der Waals surface area contributed by atoms with Crippen LogP contribution in [0.25, 0.3) is 0 Å². The first-order chi connectivity index (χ1) is 17.9. The molecule has 0 aliphatic carbocycles. The molecule has 1 saturated heterocycles. The van der Waals surface area contributed by atoms with E-state index in [0.29, 0.717) is 30.8 Å². The van der Waals surface area contributed by atoms with E-state index in [2.05, 4.69) is 10.6 Å². The van der Waals surface area contributed by atoms with E-state index in [0.717, 1.165) is 0 Å². The molecule has 1 heterocycles. The molecule has 206 valence electrons. The SMILES string of the molecule is CNC(=O)C(Cc1ccccc1F)N1CCN(C(=O)C(Cc2ccc(F)cc2)NC(=O)C(C)(C)N)C(C)C1. The number of likely N-dealkylation sites (N-methyl/N-ethyl adjacent to an activating group) is 1. The van der Waals surface area contributed by atoms with E-state index >= 15 is 0 Å². The molecule has 1 aliphatic heterocycles. The van der Waals surface area contributed by atoms with Crippen molar-refractivity contribution in [3.63, 3.8) is 0 Å². The van der Waals surface area contributed by atoms with Crippen molar-refractivity contribution in [2.75, 3.05) is 26.7 Å². The number of piperazine rings is 1. The fourth-order valence-corrected chi connectivity index (χ4v) is 4.62. The van der Waals surface area contributed by atoms with E-state index in [1.807, 2.05) is 11.8 Å². The molecule has 2 aromatic rings. The fourth-order valence-electron chi connectivity index (χ4n) is 4.62. The van der Waals surface area contributed by atoms with Gasteiger partial charge in [0.1, 0.15) is 17.7 Å². The van der Waals surface area contributed by atoms with Gasteiger partial charge in [0.2, 0.25) is 17.7 Å². The van der Waals surface area contributed by atoms with Crippen LogP contribution in [0.1, 0.15) is 31.9 Å². The van der Waals surface area contributed by atoms with Gasteiger partial charge in [0.05, 0.1) is 11.6 Å². The molecule has 0 bridgehead atoms. The standard InChI is InChI=1S/C28H37F2N5O3/c1-18-17-34(24(25(36)32-4)16-20-7-5-6-8-22(20)30)13-14-35(18)26(37)23(33-27(38)28(2,3)31)15-19-9-11-21(29)12-10-19/h5-12,18,23-24H,13-17,31H2,1-4H3,(H,32,36)(H,33,38). The molecule has 0 aromatic heterocycles. The van der Waals surface area contributed by atoms with Crippen molar-refractivity contribution in [2.24, 2.45) is 5.73 Å². The average molecular weight is 530 g/mol. The lowest BCUT2D eigenvalue weighted by molar-refractivity contribution is -0.142. The van der Waals surface area contributed by atoms with Crippen LogP contribution in [0.3, 0.4) is 0 Å². The highest BCUT2D eigenvalue weighted by atomic mass is 19.1. The molecule has 3 rings (SSSR count). The highest BCUT2D eigenvalue weighted by Gasteiger charge is 2.37. The number of carbonyl (C=O) groups is 3.